The Balaban J connectivity index is 0.000000362. The third-order valence-corrected chi connectivity index (χ3v) is 7.96. The highest BCUT2D eigenvalue weighted by Crippen LogP contribution is 2.41. The molecule has 1 fully saturated rings. The summed E-state index contributed by atoms with van der Waals surface area (Å²) >= 11 is 7.78. The number of aromatic amines is 1. The van der Waals surface area contributed by atoms with Crippen LogP contribution in [-0.4, -0.2) is 51.3 Å². The summed E-state index contributed by atoms with van der Waals surface area (Å²) in [6.07, 6.45) is 2.99. The van der Waals surface area contributed by atoms with E-state index in [9.17, 15) is 4.79 Å². The molecular weight excluding hydrogens is 580 g/mol. The van der Waals surface area contributed by atoms with Gasteiger partial charge in [-0.25, -0.2) is 9.97 Å². The van der Waals surface area contributed by atoms with Crippen molar-refractivity contribution in [3.63, 3.8) is 0 Å². The third-order valence-electron chi connectivity index (χ3n) is 6.58. The number of carbonyl (C=O) groups excluding carboxylic acids is 1. The van der Waals surface area contributed by atoms with Crippen LogP contribution in [0.15, 0.2) is 48.5 Å². The Morgan fingerprint density at radius 3 is 2.26 bits per heavy atom. The fourth-order valence-electron chi connectivity index (χ4n) is 4.76. The van der Waals surface area contributed by atoms with Crippen molar-refractivity contribution in [2.24, 2.45) is 0 Å². The molecule has 0 aliphatic carbocycles. The Kier molecular flexibility index (Phi) is 11.0. The normalized spacial score (nSPS) is 12.9. The molecule has 2 aromatic heterocycles. The van der Waals surface area contributed by atoms with Gasteiger partial charge < -0.3 is 20.1 Å². The molecule has 5 aromatic rings. The van der Waals surface area contributed by atoms with Gasteiger partial charge in [-0.2, -0.15) is 0 Å². The smallest absolute Gasteiger partial charge is 0.310 e. The van der Waals surface area contributed by atoms with Crippen molar-refractivity contribution in [3.05, 3.63) is 70.5 Å². The molecule has 0 unspecified atom stereocenters. The number of ether oxygens (including phenoxy) is 1. The first-order valence-corrected chi connectivity index (χ1v) is 15.9. The number of nitrogens with one attached hydrogen (secondary N) is 2. The quantitative estimate of drug-likeness (QED) is 0.172. The van der Waals surface area contributed by atoms with Crippen LogP contribution in [0.1, 0.15) is 57.5 Å². The van der Waals surface area contributed by atoms with Crippen LogP contribution in [0.4, 0.5) is 0 Å². The van der Waals surface area contributed by atoms with Crippen LogP contribution in [0.25, 0.3) is 42.9 Å². The monoisotopic (exact) mass is 620 g/mol. The van der Waals surface area contributed by atoms with Crippen molar-refractivity contribution < 1.29 is 14.6 Å². The summed E-state index contributed by atoms with van der Waals surface area (Å²) in [6.45, 7) is 13.9. The maximum Gasteiger partial charge on any atom is 0.310 e. The Morgan fingerprint density at radius 2 is 1.65 bits per heavy atom. The summed E-state index contributed by atoms with van der Waals surface area (Å²) in [5, 5.41) is 13.3. The van der Waals surface area contributed by atoms with Gasteiger partial charge in [0.05, 0.1) is 39.9 Å². The van der Waals surface area contributed by atoms with E-state index >= 15 is 0 Å². The number of halogens is 1. The summed E-state index contributed by atoms with van der Waals surface area (Å²) in [6, 6.07) is 15.9. The van der Waals surface area contributed by atoms with Gasteiger partial charge in [-0.3, -0.25) is 4.79 Å². The number of hydrogen-bond acceptors (Lipinski definition) is 7. The Morgan fingerprint density at radius 1 is 1.00 bits per heavy atom. The van der Waals surface area contributed by atoms with Crippen LogP contribution in [-0.2, 0) is 16.0 Å². The SMILES string of the molecule is C1CCNC1.CC(C)(C)O.CCOC(=O)Cc1c(C)cc2nc(-c3ccc4nc(C)[nH]c4c3)sc2c1-c1ccc(Cl)cc1. The van der Waals surface area contributed by atoms with E-state index < -0.39 is 5.60 Å². The largest absolute Gasteiger partial charge is 0.466 e. The summed E-state index contributed by atoms with van der Waals surface area (Å²) in [5.41, 5.74) is 7.34. The average Bonchev–Trinajstić information content (AvgIpc) is 3.70. The molecule has 0 bridgehead atoms. The van der Waals surface area contributed by atoms with Gasteiger partial charge in [-0.1, -0.05) is 23.7 Å². The van der Waals surface area contributed by atoms with Gasteiger partial charge in [0, 0.05) is 16.1 Å². The highest BCUT2D eigenvalue weighted by molar-refractivity contribution is 7.22. The number of esters is 1. The first kappa shape index (κ1) is 32.6. The van der Waals surface area contributed by atoms with Crippen LogP contribution in [0.3, 0.4) is 0 Å². The molecule has 0 spiro atoms. The van der Waals surface area contributed by atoms with E-state index in [0.717, 1.165) is 59.9 Å². The number of fused-ring (bicyclic) bond motifs is 2. The van der Waals surface area contributed by atoms with Gasteiger partial charge in [0.1, 0.15) is 10.8 Å². The third kappa shape index (κ3) is 9.10. The first-order chi connectivity index (χ1) is 20.4. The zero-order chi connectivity index (χ0) is 31.1. The van der Waals surface area contributed by atoms with Crippen molar-refractivity contribution in [1.82, 2.24) is 20.3 Å². The van der Waals surface area contributed by atoms with Crippen LogP contribution in [0.5, 0.6) is 0 Å². The number of aromatic nitrogens is 3. The maximum atomic E-state index is 12.4. The van der Waals surface area contributed by atoms with E-state index in [0.29, 0.717) is 11.6 Å². The number of rotatable bonds is 5. The van der Waals surface area contributed by atoms with Crippen molar-refractivity contribution in [2.75, 3.05) is 19.7 Å². The van der Waals surface area contributed by atoms with Crippen LogP contribution < -0.4 is 5.32 Å². The topological polar surface area (TPSA) is 100 Å². The number of hydrogen-bond donors (Lipinski definition) is 3. The molecule has 43 heavy (non-hydrogen) atoms. The summed E-state index contributed by atoms with van der Waals surface area (Å²) in [7, 11) is 0. The molecule has 0 atom stereocenters. The minimum absolute atomic E-state index is 0.209. The van der Waals surface area contributed by atoms with E-state index in [-0.39, 0.29) is 12.4 Å². The first-order valence-electron chi connectivity index (χ1n) is 14.7. The lowest BCUT2D eigenvalue weighted by Gasteiger charge is -2.14. The number of thiazole rings is 1. The van der Waals surface area contributed by atoms with Crippen LogP contribution in [0, 0.1) is 13.8 Å². The number of carbonyl (C=O) groups is 1. The minimum Gasteiger partial charge on any atom is -0.466 e. The minimum atomic E-state index is -0.500. The van der Waals surface area contributed by atoms with E-state index in [1.807, 2.05) is 51.1 Å². The van der Waals surface area contributed by atoms with Crippen molar-refractivity contribution in [1.29, 1.82) is 0 Å². The molecule has 228 valence electrons. The van der Waals surface area contributed by atoms with Gasteiger partial charge >= 0.3 is 5.97 Å². The molecule has 1 saturated heterocycles. The molecular formula is C34H41ClN4O3S. The van der Waals surface area contributed by atoms with E-state index in [1.165, 1.54) is 25.9 Å². The molecule has 3 aromatic carbocycles. The van der Waals surface area contributed by atoms with Crippen molar-refractivity contribution in [2.45, 2.75) is 66.4 Å². The molecule has 3 heterocycles. The van der Waals surface area contributed by atoms with Gasteiger partial charge in [-0.05, 0) is 121 Å². The Labute approximate surface area is 262 Å². The van der Waals surface area contributed by atoms with Gasteiger partial charge in [0.15, 0.2) is 0 Å². The number of nitrogens with zero attached hydrogens (tertiary/aromatic N) is 2. The fourth-order valence-corrected chi connectivity index (χ4v) is 6.02. The second kappa shape index (κ2) is 14.4. The number of imidazole rings is 1. The van der Waals surface area contributed by atoms with Gasteiger partial charge in [-0.15, -0.1) is 11.3 Å². The van der Waals surface area contributed by atoms with Crippen molar-refractivity contribution in [3.8, 4) is 21.7 Å². The molecule has 0 amide bonds. The van der Waals surface area contributed by atoms with Crippen molar-refractivity contribution >= 4 is 50.2 Å². The van der Waals surface area contributed by atoms with Gasteiger partial charge in [0.25, 0.3) is 0 Å². The molecule has 6 rings (SSSR count). The standard InChI is InChI=1S/C26H22ClN3O2S.C4H9N.C4H10O/c1-4-32-23(31)13-19-14(2)11-22-25(24(19)16-5-8-18(27)9-6-16)33-26(30-22)17-7-10-20-21(12-17)29-15(3)28-20;1-2-4-5-3-1;1-4(2,3)5/h5-12H,4,13H2,1-3H3,(H,28,29);5H,1-4H2;5H,1-3H3. The van der Waals surface area contributed by atoms with E-state index in [1.54, 1.807) is 32.1 Å². The Hall–Kier alpha value is -3.30. The summed E-state index contributed by atoms with van der Waals surface area (Å²) < 4.78 is 6.30. The highest BCUT2D eigenvalue weighted by atomic mass is 35.5. The summed E-state index contributed by atoms with van der Waals surface area (Å²) in [4.78, 5) is 25.2. The molecule has 3 N–H and O–H groups in total. The molecule has 7 nitrogen and oxygen atoms in total. The lowest BCUT2D eigenvalue weighted by atomic mass is 9.93. The second-order valence-electron chi connectivity index (χ2n) is 11.6. The number of aryl methyl sites for hydroxylation is 2. The summed E-state index contributed by atoms with van der Waals surface area (Å²) in [5.74, 6) is 0.649. The van der Waals surface area contributed by atoms with Gasteiger partial charge in [0.2, 0.25) is 0 Å². The molecule has 0 saturated carbocycles. The Bertz CT molecular complexity index is 1670. The van der Waals surface area contributed by atoms with Crippen LogP contribution in [0.2, 0.25) is 5.02 Å². The van der Waals surface area contributed by atoms with Crippen LogP contribution >= 0.6 is 22.9 Å². The molecule has 1 aliphatic rings. The van der Waals surface area contributed by atoms with E-state index in [4.69, 9.17) is 26.4 Å². The molecule has 0 radical (unpaired) electrons. The maximum absolute atomic E-state index is 12.4. The number of benzene rings is 3. The molecule has 1 aliphatic heterocycles. The lowest BCUT2D eigenvalue weighted by Crippen LogP contribution is -2.10. The van der Waals surface area contributed by atoms with E-state index in [2.05, 4.69) is 33.5 Å². The predicted molar refractivity (Wildman–Crippen MR) is 179 cm³/mol. The second-order valence-corrected chi connectivity index (χ2v) is 13.0. The lowest BCUT2D eigenvalue weighted by molar-refractivity contribution is -0.142. The zero-order valence-electron chi connectivity index (χ0n) is 25.8. The predicted octanol–water partition coefficient (Wildman–Crippen LogP) is 8.03. The number of H-pyrrole nitrogens is 1. The zero-order valence-corrected chi connectivity index (χ0v) is 27.4. The average molecular weight is 621 g/mol. The fraction of sp³-hybridized carbons (Fsp3) is 0.382. The highest BCUT2D eigenvalue weighted by Gasteiger charge is 2.20. The molecule has 9 heteroatoms. The number of aliphatic hydroxyl groups is 1.